The first-order chi connectivity index (χ1) is 7.60. The number of aryl methyl sites for hydroxylation is 1. The number of hydrogen-bond acceptors (Lipinski definition) is 2. The lowest BCUT2D eigenvalue weighted by Gasteiger charge is -2.22. The number of hydrogen-bond donors (Lipinski definition) is 1. The number of nitrogens with one attached hydrogen (secondary N) is 1. The summed E-state index contributed by atoms with van der Waals surface area (Å²) in [5.74, 6) is 1.18. The van der Waals surface area contributed by atoms with Gasteiger partial charge in [0.2, 0.25) is 0 Å². The predicted octanol–water partition coefficient (Wildman–Crippen LogP) is 3.14. The van der Waals surface area contributed by atoms with E-state index in [1.807, 2.05) is 0 Å². The first-order valence-electron chi connectivity index (χ1n) is 5.95. The van der Waals surface area contributed by atoms with Gasteiger partial charge in [-0.2, -0.15) is 0 Å². The van der Waals surface area contributed by atoms with Gasteiger partial charge >= 0.3 is 0 Å². The second-order valence-electron chi connectivity index (χ2n) is 4.23. The number of carbonyl (C=O) groups is 1. The van der Waals surface area contributed by atoms with Crippen LogP contribution in [0.15, 0.2) is 16.7 Å². The Morgan fingerprint density at radius 1 is 1.44 bits per heavy atom. The zero-order valence-electron chi connectivity index (χ0n) is 10.5. The van der Waals surface area contributed by atoms with E-state index >= 15 is 0 Å². The Hall–Kier alpha value is -1.25. The van der Waals surface area contributed by atoms with E-state index in [1.165, 1.54) is 0 Å². The molecule has 90 valence electrons. The fraction of sp³-hybridized carbons (Fsp3) is 0.615. The molecule has 0 fully saturated rings. The summed E-state index contributed by atoms with van der Waals surface area (Å²) in [5, 5.41) is 3.03. The smallest absolute Gasteiger partial charge is 0.255 e. The highest BCUT2D eigenvalue weighted by Gasteiger charge is 2.18. The van der Waals surface area contributed by atoms with Crippen LogP contribution in [0.1, 0.15) is 49.7 Å². The molecule has 3 nitrogen and oxygen atoms in total. The van der Waals surface area contributed by atoms with Gasteiger partial charge in [0, 0.05) is 6.04 Å². The van der Waals surface area contributed by atoms with Crippen LogP contribution in [0.25, 0.3) is 0 Å². The van der Waals surface area contributed by atoms with Crippen molar-refractivity contribution in [2.45, 2.75) is 46.6 Å². The molecule has 3 heteroatoms. The van der Waals surface area contributed by atoms with Crippen molar-refractivity contribution in [3.05, 3.63) is 23.7 Å². The van der Waals surface area contributed by atoms with E-state index in [0.29, 0.717) is 17.2 Å². The second-order valence-corrected chi connectivity index (χ2v) is 4.23. The van der Waals surface area contributed by atoms with Gasteiger partial charge in [-0.05, 0) is 25.8 Å². The Bertz CT molecular complexity index is 339. The minimum atomic E-state index is -0.0364. The van der Waals surface area contributed by atoms with Gasteiger partial charge < -0.3 is 9.73 Å². The van der Waals surface area contributed by atoms with Crippen LogP contribution in [0.4, 0.5) is 0 Å². The highest BCUT2D eigenvalue weighted by atomic mass is 16.3. The van der Waals surface area contributed by atoms with E-state index < -0.39 is 0 Å². The normalized spacial score (nSPS) is 12.8. The van der Waals surface area contributed by atoms with E-state index in [9.17, 15) is 4.79 Å². The predicted molar refractivity (Wildman–Crippen MR) is 64.4 cm³/mol. The van der Waals surface area contributed by atoms with Crippen molar-refractivity contribution < 1.29 is 9.21 Å². The molecule has 0 aliphatic carbocycles. The summed E-state index contributed by atoms with van der Waals surface area (Å²) < 4.78 is 5.12. The highest BCUT2D eigenvalue weighted by molar-refractivity contribution is 5.95. The summed E-state index contributed by atoms with van der Waals surface area (Å²) in [6.07, 6.45) is 3.72. The summed E-state index contributed by atoms with van der Waals surface area (Å²) in [6.45, 7) is 8.17. The number of rotatable bonds is 5. The SMILES string of the molecule is CCC(CC)[C@@H](C)NC(=O)c1ccoc1C. The second kappa shape index (κ2) is 5.73. The monoisotopic (exact) mass is 223 g/mol. The average molecular weight is 223 g/mol. The van der Waals surface area contributed by atoms with Crippen molar-refractivity contribution in [3.8, 4) is 0 Å². The first kappa shape index (κ1) is 12.8. The maximum atomic E-state index is 11.9. The lowest BCUT2D eigenvalue weighted by molar-refractivity contribution is 0.0923. The van der Waals surface area contributed by atoms with E-state index in [-0.39, 0.29) is 11.9 Å². The van der Waals surface area contributed by atoms with Crippen LogP contribution in [0, 0.1) is 12.8 Å². The molecule has 1 aromatic rings. The molecule has 1 rings (SSSR count). The molecule has 0 radical (unpaired) electrons. The molecular formula is C13H21NO2. The summed E-state index contributed by atoms with van der Waals surface area (Å²) in [6, 6.07) is 1.92. The maximum Gasteiger partial charge on any atom is 0.255 e. The molecule has 0 spiro atoms. The van der Waals surface area contributed by atoms with E-state index in [4.69, 9.17) is 4.42 Å². The first-order valence-corrected chi connectivity index (χ1v) is 5.95. The number of furan rings is 1. The molecule has 1 heterocycles. The molecule has 1 amide bonds. The van der Waals surface area contributed by atoms with Crippen molar-refractivity contribution in [2.24, 2.45) is 5.92 Å². The lowest BCUT2D eigenvalue weighted by atomic mass is 9.95. The third-order valence-electron chi connectivity index (χ3n) is 3.22. The van der Waals surface area contributed by atoms with Crippen molar-refractivity contribution in [1.29, 1.82) is 0 Å². The van der Waals surface area contributed by atoms with Crippen LogP contribution >= 0.6 is 0 Å². The van der Waals surface area contributed by atoms with Gasteiger partial charge in [-0.15, -0.1) is 0 Å². The molecule has 0 aromatic carbocycles. The third kappa shape index (κ3) is 2.87. The van der Waals surface area contributed by atoms with E-state index in [2.05, 4.69) is 26.1 Å². The maximum absolute atomic E-state index is 11.9. The molecule has 0 unspecified atom stereocenters. The Kier molecular flexibility index (Phi) is 4.59. The van der Waals surface area contributed by atoms with Crippen molar-refractivity contribution >= 4 is 5.91 Å². The van der Waals surface area contributed by atoms with Crippen LogP contribution in [0.2, 0.25) is 0 Å². The fourth-order valence-electron chi connectivity index (χ4n) is 2.02. The molecule has 0 saturated heterocycles. The average Bonchev–Trinajstić information content (AvgIpc) is 2.66. The van der Waals surface area contributed by atoms with E-state index in [0.717, 1.165) is 12.8 Å². The summed E-state index contributed by atoms with van der Waals surface area (Å²) in [4.78, 5) is 11.9. The van der Waals surface area contributed by atoms with Gasteiger partial charge in [0.1, 0.15) is 5.76 Å². The molecule has 1 atom stereocenters. The summed E-state index contributed by atoms with van der Waals surface area (Å²) in [7, 11) is 0. The fourth-order valence-corrected chi connectivity index (χ4v) is 2.02. The van der Waals surface area contributed by atoms with Crippen LogP contribution < -0.4 is 5.32 Å². The zero-order chi connectivity index (χ0) is 12.1. The van der Waals surface area contributed by atoms with Gasteiger partial charge in [-0.3, -0.25) is 4.79 Å². The molecule has 0 bridgehead atoms. The third-order valence-corrected chi connectivity index (χ3v) is 3.22. The molecule has 0 saturated carbocycles. The zero-order valence-corrected chi connectivity index (χ0v) is 10.5. The van der Waals surface area contributed by atoms with Crippen molar-refractivity contribution in [2.75, 3.05) is 0 Å². The Labute approximate surface area is 97.2 Å². The quantitative estimate of drug-likeness (QED) is 0.833. The minimum Gasteiger partial charge on any atom is -0.469 e. The largest absolute Gasteiger partial charge is 0.469 e. The van der Waals surface area contributed by atoms with Crippen LogP contribution in [-0.2, 0) is 0 Å². The summed E-state index contributed by atoms with van der Waals surface area (Å²) >= 11 is 0. The molecule has 0 aliphatic rings. The minimum absolute atomic E-state index is 0.0364. The van der Waals surface area contributed by atoms with Gasteiger partial charge in [-0.25, -0.2) is 0 Å². The van der Waals surface area contributed by atoms with Crippen LogP contribution in [0.5, 0.6) is 0 Å². The molecule has 1 aromatic heterocycles. The molecular weight excluding hydrogens is 202 g/mol. The van der Waals surface area contributed by atoms with Crippen LogP contribution in [0.3, 0.4) is 0 Å². The van der Waals surface area contributed by atoms with Gasteiger partial charge in [0.25, 0.3) is 5.91 Å². The highest BCUT2D eigenvalue weighted by Crippen LogP contribution is 2.14. The number of carbonyl (C=O) groups excluding carboxylic acids is 1. The topological polar surface area (TPSA) is 42.2 Å². The molecule has 1 N–H and O–H groups in total. The Balaban J connectivity index is 2.61. The van der Waals surface area contributed by atoms with Crippen molar-refractivity contribution in [1.82, 2.24) is 5.32 Å². The summed E-state index contributed by atoms with van der Waals surface area (Å²) in [5.41, 5.74) is 0.637. The molecule has 16 heavy (non-hydrogen) atoms. The van der Waals surface area contributed by atoms with Gasteiger partial charge in [-0.1, -0.05) is 26.7 Å². The lowest BCUT2D eigenvalue weighted by Crippen LogP contribution is -2.37. The van der Waals surface area contributed by atoms with E-state index in [1.54, 1.807) is 19.3 Å². The van der Waals surface area contributed by atoms with Gasteiger partial charge in [0.15, 0.2) is 0 Å². The molecule has 0 aliphatic heterocycles. The van der Waals surface area contributed by atoms with Crippen molar-refractivity contribution in [3.63, 3.8) is 0 Å². The Morgan fingerprint density at radius 3 is 2.50 bits per heavy atom. The standard InChI is InChI=1S/C13H21NO2/c1-5-11(6-2)9(3)14-13(15)12-7-8-16-10(12)4/h7-9,11H,5-6H2,1-4H3,(H,14,15)/t9-/m1/s1. The van der Waals surface area contributed by atoms with Crippen LogP contribution in [-0.4, -0.2) is 11.9 Å². The van der Waals surface area contributed by atoms with Gasteiger partial charge in [0.05, 0.1) is 11.8 Å². The Morgan fingerprint density at radius 2 is 2.06 bits per heavy atom. The number of amides is 1.